The third-order valence-corrected chi connectivity index (χ3v) is 4.43. The van der Waals surface area contributed by atoms with Crippen LogP contribution in [0.25, 0.3) is 11.5 Å². The molecular formula is C18H17N3O4S. The van der Waals surface area contributed by atoms with Crippen LogP contribution in [0.15, 0.2) is 51.8 Å². The van der Waals surface area contributed by atoms with E-state index in [1.807, 2.05) is 30.5 Å². The third kappa shape index (κ3) is 3.65. The fraction of sp³-hybridized carbons (Fsp3) is 0.167. The first-order chi connectivity index (χ1) is 12.7. The zero-order valence-corrected chi connectivity index (χ0v) is 15.3. The molecule has 0 unspecified atom stereocenters. The van der Waals surface area contributed by atoms with Crippen LogP contribution in [0.1, 0.15) is 10.4 Å². The average molecular weight is 371 g/mol. The van der Waals surface area contributed by atoms with Crippen LogP contribution in [-0.2, 0) is 0 Å². The third-order valence-electron chi connectivity index (χ3n) is 3.64. The zero-order chi connectivity index (χ0) is 18.5. The van der Waals surface area contributed by atoms with Crippen LogP contribution in [0.5, 0.6) is 11.5 Å². The lowest BCUT2D eigenvalue weighted by Gasteiger charge is -2.09. The van der Waals surface area contributed by atoms with E-state index in [9.17, 15) is 4.79 Å². The smallest absolute Gasteiger partial charge is 0.322 e. The second-order valence-corrected chi connectivity index (χ2v) is 5.98. The number of hydrogen-bond acceptors (Lipinski definition) is 7. The SMILES string of the molecule is COc1ccc(C(=O)Nc2nnc(-c3ccccc3SC)o2)c(OC)c1. The van der Waals surface area contributed by atoms with E-state index in [0.29, 0.717) is 23.0 Å². The molecule has 0 saturated heterocycles. The van der Waals surface area contributed by atoms with E-state index < -0.39 is 5.91 Å². The average Bonchev–Trinajstić information content (AvgIpc) is 3.15. The summed E-state index contributed by atoms with van der Waals surface area (Å²) in [6.45, 7) is 0. The van der Waals surface area contributed by atoms with Gasteiger partial charge in [0.1, 0.15) is 11.5 Å². The van der Waals surface area contributed by atoms with Crippen LogP contribution in [0, 0.1) is 0 Å². The minimum atomic E-state index is -0.419. The molecule has 1 N–H and O–H groups in total. The monoisotopic (exact) mass is 371 g/mol. The van der Waals surface area contributed by atoms with Crippen molar-refractivity contribution in [2.24, 2.45) is 0 Å². The summed E-state index contributed by atoms with van der Waals surface area (Å²) >= 11 is 1.58. The first-order valence-electron chi connectivity index (χ1n) is 7.66. The lowest BCUT2D eigenvalue weighted by molar-refractivity contribution is 0.102. The first kappa shape index (κ1) is 17.8. The number of nitrogens with zero attached hydrogens (tertiary/aromatic N) is 2. The van der Waals surface area contributed by atoms with Crippen molar-refractivity contribution in [2.75, 3.05) is 25.8 Å². The number of methoxy groups -OCH3 is 2. The molecular weight excluding hydrogens is 354 g/mol. The number of rotatable bonds is 6. The van der Waals surface area contributed by atoms with Crippen LogP contribution in [-0.4, -0.2) is 36.6 Å². The highest BCUT2D eigenvalue weighted by atomic mass is 32.2. The largest absolute Gasteiger partial charge is 0.497 e. The molecule has 0 fully saturated rings. The van der Waals surface area contributed by atoms with Gasteiger partial charge in [-0.3, -0.25) is 10.1 Å². The van der Waals surface area contributed by atoms with Crippen LogP contribution >= 0.6 is 11.8 Å². The number of hydrogen-bond donors (Lipinski definition) is 1. The molecule has 3 rings (SSSR count). The number of benzene rings is 2. The lowest BCUT2D eigenvalue weighted by Crippen LogP contribution is -2.13. The Bertz CT molecular complexity index is 926. The molecule has 1 amide bonds. The Morgan fingerprint density at radius 1 is 1.12 bits per heavy atom. The van der Waals surface area contributed by atoms with E-state index >= 15 is 0 Å². The minimum absolute atomic E-state index is 0.0128. The lowest BCUT2D eigenvalue weighted by atomic mass is 10.2. The number of anilines is 1. The topological polar surface area (TPSA) is 86.5 Å². The summed E-state index contributed by atoms with van der Waals surface area (Å²) in [7, 11) is 3.02. The molecule has 0 spiro atoms. The van der Waals surface area contributed by atoms with Gasteiger partial charge in [-0.15, -0.1) is 16.9 Å². The standard InChI is InChI=1S/C18H17N3O4S/c1-23-11-8-9-12(14(10-11)24-2)16(22)19-18-21-20-17(25-18)13-6-4-5-7-15(13)26-3/h4-10H,1-3H3,(H,19,21,22). The van der Waals surface area contributed by atoms with E-state index in [0.717, 1.165) is 10.5 Å². The van der Waals surface area contributed by atoms with Gasteiger partial charge in [-0.25, -0.2) is 0 Å². The molecule has 1 aromatic heterocycles. The van der Waals surface area contributed by atoms with Gasteiger partial charge in [0.15, 0.2) is 0 Å². The van der Waals surface area contributed by atoms with Crippen LogP contribution in [0.4, 0.5) is 6.01 Å². The van der Waals surface area contributed by atoms with Crippen molar-refractivity contribution in [2.45, 2.75) is 4.90 Å². The normalized spacial score (nSPS) is 10.4. The predicted octanol–water partition coefficient (Wildman–Crippen LogP) is 3.73. The fourth-order valence-electron chi connectivity index (χ4n) is 2.35. The summed E-state index contributed by atoms with van der Waals surface area (Å²) in [4.78, 5) is 13.5. The van der Waals surface area contributed by atoms with Crippen molar-refractivity contribution < 1.29 is 18.7 Å². The van der Waals surface area contributed by atoms with Gasteiger partial charge in [0.05, 0.1) is 25.3 Å². The molecule has 1 heterocycles. The Labute approximate surface area is 154 Å². The molecule has 0 aliphatic rings. The molecule has 2 aromatic carbocycles. The summed E-state index contributed by atoms with van der Waals surface area (Å²) in [6, 6.07) is 12.6. The first-order valence-corrected chi connectivity index (χ1v) is 8.89. The van der Waals surface area contributed by atoms with Gasteiger partial charge < -0.3 is 13.9 Å². The second kappa shape index (κ2) is 7.92. The fourth-order valence-corrected chi connectivity index (χ4v) is 2.94. The van der Waals surface area contributed by atoms with Crippen LogP contribution < -0.4 is 14.8 Å². The molecule has 3 aromatic rings. The van der Waals surface area contributed by atoms with E-state index in [2.05, 4.69) is 15.5 Å². The van der Waals surface area contributed by atoms with Gasteiger partial charge in [-0.2, -0.15) is 0 Å². The molecule has 0 radical (unpaired) electrons. The summed E-state index contributed by atoms with van der Waals surface area (Å²) < 4.78 is 16.0. The van der Waals surface area contributed by atoms with E-state index in [-0.39, 0.29) is 6.01 Å². The van der Waals surface area contributed by atoms with Crippen molar-refractivity contribution in [1.29, 1.82) is 0 Å². The van der Waals surface area contributed by atoms with Gasteiger partial charge in [0.2, 0.25) is 0 Å². The van der Waals surface area contributed by atoms with Crippen molar-refractivity contribution in [3.63, 3.8) is 0 Å². The molecule has 0 saturated carbocycles. The van der Waals surface area contributed by atoms with E-state index in [1.165, 1.54) is 7.11 Å². The molecule has 0 bridgehead atoms. The minimum Gasteiger partial charge on any atom is -0.497 e. The molecule has 0 aliphatic carbocycles. The van der Waals surface area contributed by atoms with E-state index in [4.69, 9.17) is 13.9 Å². The predicted molar refractivity (Wildman–Crippen MR) is 99.0 cm³/mol. The van der Waals surface area contributed by atoms with Crippen molar-refractivity contribution in [3.05, 3.63) is 48.0 Å². The maximum atomic E-state index is 12.5. The Balaban J connectivity index is 1.82. The number of ether oxygens (including phenoxy) is 2. The van der Waals surface area contributed by atoms with Crippen molar-refractivity contribution in [1.82, 2.24) is 10.2 Å². The quantitative estimate of drug-likeness (QED) is 0.661. The molecule has 0 atom stereocenters. The summed E-state index contributed by atoms with van der Waals surface area (Å²) in [6.07, 6.45) is 1.97. The summed E-state index contributed by atoms with van der Waals surface area (Å²) in [5, 5.41) is 10.5. The van der Waals surface area contributed by atoms with Crippen molar-refractivity contribution >= 4 is 23.7 Å². The van der Waals surface area contributed by atoms with Gasteiger partial charge in [-0.05, 0) is 30.5 Å². The highest BCUT2D eigenvalue weighted by Crippen LogP contribution is 2.30. The van der Waals surface area contributed by atoms with Crippen molar-refractivity contribution in [3.8, 4) is 23.0 Å². The molecule has 0 aliphatic heterocycles. The number of carbonyl (C=O) groups is 1. The van der Waals surface area contributed by atoms with Crippen LogP contribution in [0.2, 0.25) is 0 Å². The van der Waals surface area contributed by atoms with Gasteiger partial charge in [0.25, 0.3) is 11.8 Å². The summed E-state index contributed by atoms with van der Waals surface area (Å²) in [5.74, 6) is 0.895. The highest BCUT2D eigenvalue weighted by molar-refractivity contribution is 7.98. The Kier molecular flexibility index (Phi) is 5.43. The van der Waals surface area contributed by atoms with Gasteiger partial charge >= 0.3 is 6.01 Å². The number of carbonyl (C=O) groups excluding carboxylic acids is 1. The van der Waals surface area contributed by atoms with E-state index in [1.54, 1.807) is 37.1 Å². The maximum Gasteiger partial charge on any atom is 0.322 e. The molecule has 8 heteroatoms. The molecule has 134 valence electrons. The number of thioether (sulfide) groups is 1. The maximum absolute atomic E-state index is 12.5. The summed E-state index contributed by atoms with van der Waals surface area (Å²) in [5.41, 5.74) is 1.15. The Morgan fingerprint density at radius 2 is 1.92 bits per heavy atom. The number of amides is 1. The Morgan fingerprint density at radius 3 is 2.65 bits per heavy atom. The molecule has 7 nitrogen and oxygen atoms in total. The second-order valence-electron chi connectivity index (χ2n) is 5.13. The molecule has 26 heavy (non-hydrogen) atoms. The van der Waals surface area contributed by atoms with Crippen LogP contribution in [0.3, 0.4) is 0 Å². The zero-order valence-electron chi connectivity index (χ0n) is 14.5. The van der Waals surface area contributed by atoms with Gasteiger partial charge in [-0.1, -0.05) is 17.2 Å². The van der Waals surface area contributed by atoms with Gasteiger partial charge in [0, 0.05) is 11.0 Å². The Hall–Kier alpha value is -3.00. The highest BCUT2D eigenvalue weighted by Gasteiger charge is 2.18. The number of nitrogens with one attached hydrogen (secondary N) is 1. The number of aromatic nitrogens is 2.